The molecule has 0 saturated carbocycles. The first-order valence-electron chi connectivity index (χ1n) is 22.8. The van der Waals surface area contributed by atoms with Gasteiger partial charge in [0.15, 0.2) is 5.12 Å². The standard InChI is InChI=1S/C47H81NO3S2/c1-3-5-7-9-11-13-15-17-19-21-23-25-27-29-31-35-39-47(46(50)51,43(45(49)52)44-48-41-37-33-34-38-42(41)53-44)40-36-32-30-28-26-24-22-20-18-16-14-12-10-8-6-4-2/h33-34,37-38,43H,3-32,35-36,39-40H2,1-2H3,(H,49,52)(H,50,51). The van der Waals surface area contributed by atoms with Crippen LogP contribution in [-0.2, 0) is 9.59 Å². The Morgan fingerprint density at radius 3 is 1.19 bits per heavy atom. The molecule has 1 aromatic carbocycles. The highest BCUT2D eigenvalue weighted by atomic mass is 32.1. The zero-order valence-electron chi connectivity index (χ0n) is 34.5. The van der Waals surface area contributed by atoms with Gasteiger partial charge in [0.25, 0.3) is 0 Å². The van der Waals surface area contributed by atoms with E-state index in [2.05, 4.69) is 26.5 Å². The lowest BCUT2D eigenvalue weighted by molar-refractivity contribution is -0.153. The molecule has 0 radical (unpaired) electrons. The van der Waals surface area contributed by atoms with E-state index in [4.69, 9.17) is 4.98 Å². The highest BCUT2D eigenvalue weighted by molar-refractivity contribution is 7.96. The van der Waals surface area contributed by atoms with Crippen molar-refractivity contribution in [3.8, 4) is 0 Å². The third-order valence-electron chi connectivity index (χ3n) is 11.7. The predicted octanol–water partition coefficient (Wildman–Crippen LogP) is 16.2. The first kappa shape index (κ1) is 47.8. The van der Waals surface area contributed by atoms with E-state index in [1.54, 1.807) is 0 Å². The fourth-order valence-corrected chi connectivity index (χ4v) is 9.96. The second-order valence-electron chi connectivity index (χ2n) is 16.4. The first-order valence-corrected chi connectivity index (χ1v) is 24.0. The summed E-state index contributed by atoms with van der Waals surface area (Å²) < 4.78 is 0.992. The number of carbonyl (C=O) groups excluding carboxylic acids is 1. The largest absolute Gasteiger partial charge is 0.481 e. The molecule has 304 valence electrons. The number of para-hydroxylation sites is 1. The van der Waals surface area contributed by atoms with Crippen molar-refractivity contribution in [1.82, 2.24) is 4.98 Å². The highest BCUT2D eigenvalue weighted by Crippen LogP contribution is 2.48. The molecule has 1 heterocycles. The second-order valence-corrected chi connectivity index (χ2v) is 17.9. The number of carboxylic acid groups (broad SMARTS) is 1. The zero-order chi connectivity index (χ0) is 38.2. The molecule has 0 aliphatic heterocycles. The Kier molecular flexibility index (Phi) is 28.6. The Hall–Kier alpha value is -1.40. The molecule has 4 nitrogen and oxygen atoms in total. The Bertz CT molecular complexity index is 1110. The van der Waals surface area contributed by atoms with Crippen LogP contribution in [0.25, 0.3) is 10.2 Å². The van der Waals surface area contributed by atoms with Gasteiger partial charge in [-0.15, -0.1) is 24.0 Å². The number of unbranched alkanes of at least 4 members (excludes halogenated alkanes) is 30. The molecule has 0 spiro atoms. The molecule has 0 bridgehead atoms. The van der Waals surface area contributed by atoms with Gasteiger partial charge >= 0.3 is 5.97 Å². The minimum Gasteiger partial charge on any atom is -0.481 e. The lowest BCUT2D eigenvalue weighted by Gasteiger charge is -2.35. The average Bonchev–Trinajstić information content (AvgIpc) is 3.57. The van der Waals surface area contributed by atoms with Crippen molar-refractivity contribution in [2.24, 2.45) is 5.41 Å². The smallest absolute Gasteiger partial charge is 0.310 e. The van der Waals surface area contributed by atoms with Crippen LogP contribution in [0, 0.1) is 5.41 Å². The van der Waals surface area contributed by atoms with E-state index in [0.717, 1.165) is 48.7 Å². The van der Waals surface area contributed by atoms with E-state index in [9.17, 15) is 14.7 Å². The number of rotatable bonds is 38. The minimum atomic E-state index is -1.17. The Balaban J connectivity index is 1.78. The van der Waals surface area contributed by atoms with Gasteiger partial charge in [-0.3, -0.25) is 9.59 Å². The molecule has 0 fully saturated rings. The van der Waals surface area contributed by atoms with Crippen molar-refractivity contribution in [2.75, 3.05) is 0 Å². The number of aromatic nitrogens is 1. The molecule has 1 atom stereocenters. The van der Waals surface area contributed by atoms with Crippen LogP contribution in [0.1, 0.15) is 243 Å². The number of carbonyl (C=O) groups is 2. The Morgan fingerprint density at radius 1 is 0.566 bits per heavy atom. The number of hydrogen-bond acceptors (Lipinski definition) is 4. The summed E-state index contributed by atoms with van der Waals surface area (Å²) in [5.41, 5.74) is -0.338. The van der Waals surface area contributed by atoms with Crippen molar-refractivity contribution in [3.63, 3.8) is 0 Å². The van der Waals surface area contributed by atoms with E-state index < -0.39 is 17.3 Å². The van der Waals surface area contributed by atoms with Gasteiger partial charge in [0.2, 0.25) is 0 Å². The third kappa shape index (κ3) is 20.9. The summed E-state index contributed by atoms with van der Waals surface area (Å²) in [5.74, 6) is -1.68. The minimum absolute atomic E-state index is 0.362. The summed E-state index contributed by atoms with van der Waals surface area (Å²) in [6, 6.07) is 7.87. The average molecular weight is 772 g/mol. The van der Waals surface area contributed by atoms with Gasteiger partial charge in [-0.2, -0.15) is 0 Å². The number of nitrogens with zero attached hydrogens (tertiary/aromatic N) is 1. The van der Waals surface area contributed by atoms with E-state index in [0.29, 0.717) is 17.8 Å². The maximum absolute atomic E-state index is 13.3. The van der Waals surface area contributed by atoms with Crippen molar-refractivity contribution in [1.29, 1.82) is 0 Å². The van der Waals surface area contributed by atoms with E-state index in [1.165, 1.54) is 178 Å². The van der Waals surface area contributed by atoms with Gasteiger partial charge < -0.3 is 5.11 Å². The summed E-state index contributed by atoms with van der Waals surface area (Å²) in [7, 11) is 0. The number of benzene rings is 1. The van der Waals surface area contributed by atoms with Crippen LogP contribution in [0.2, 0.25) is 0 Å². The topological polar surface area (TPSA) is 67.3 Å². The van der Waals surface area contributed by atoms with Gasteiger partial charge in [0.1, 0.15) is 5.01 Å². The summed E-state index contributed by atoms with van der Waals surface area (Å²) in [6.07, 6.45) is 42.2. The molecule has 0 saturated heterocycles. The quantitative estimate of drug-likeness (QED) is 0.0527. The second kappa shape index (κ2) is 31.8. The lowest BCUT2D eigenvalue weighted by Crippen LogP contribution is -2.40. The maximum Gasteiger partial charge on any atom is 0.310 e. The van der Waals surface area contributed by atoms with Crippen LogP contribution in [0.3, 0.4) is 0 Å². The highest BCUT2D eigenvalue weighted by Gasteiger charge is 2.49. The molecule has 0 amide bonds. The fraction of sp³-hybridized carbons (Fsp3) is 0.809. The van der Waals surface area contributed by atoms with E-state index in [1.807, 2.05) is 24.3 Å². The fourth-order valence-electron chi connectivity index (χ4n) is 8.32. The zero-order valence-corrected chi connectivity index (χ0v) is 36.2. The molecule has 1 N–H and O–H groups in total. The molecule has 53 heavy (non-hydrogen) atoms. The number of fused-ring (bicyclic) bond motifs is 1. The van der Waals surface area contributed by atoms with Crippen LogP contribution in [0.15, 0.2) is 24.3 Å². The monoisotopic (exact) mass is 772 g/mol. The normalized spacial score (nSPS) is 12.5. The molecular weight excluding hydrogens is 691 g/mol. The Labute approximate surface area is 336 Å². The molecule has 1 aromatic heterocycles. The van der Waals surface area contributed by atoms with Crippen molar-refractivity contribution in [3.05, 3.63) is 29.3 Å². The number of thiol groups is 1. The molecule has 1 unspecified atom stereocenters. The van der Waals surface area contributed by atoms with E-state index >= 15 is 0 Å². The van der Waals surface area contributed by atoms with Crippen molar-refractivity contribution in [2.45, 2.75) is 238 Å². The van der Waals surface area contributed by atoms with Gasteiger partial charge in [-0.05, 0) is 25.0 Å². The van der Waals surface area contributed by atoms with Crippen LogP contribution in [0.5, 0.6) is 0 Å². The molecule has 2 aromatic rings. The number of hydrogen-bond donors (Lipinski definition) is 2. The van der Waals surface area contributed by atoms with Gasteiger partial charge in [-0.25, -0.2) is 4.98 Å². The number of carboxylic acids is 1. The van der Waals surface area contributed by atoms with Crippen molar-refractivity contribution >= 4 is 45.3 Å². The third-order valence-corrected chi connectivity index (χ3v) is 13.1. The van der Waals surface area contributed by atoms with Crippen molar-refractivity contribution < 1.29 is 14.7 Å². The molecule has 0 aliphatic rings. The summed E-state index contributed by atoms with van der Waals surface area (Å²) in [6.45, 7) is 4.56. The lowest BCUT2D eigenvalue weighted by atomic mass is 9.68. The predicted molar refractivity (Wildman–Crippen MR) is 235 cm³/mol. The van der Waals surface area contributed by atoms with E-state index in [-0.39, 0.29) is 5.12 Å². The molecule has 6 heteroatoms. The molecule has 0 aliphatic carbocycles. The SMILES string of the molecule is CCCCCCCCCCCCCCCCCCC(CCCCCCCCCCCCCCCCCC)(C(=O)O)C(C(=O)S)c1nc2ccccc2s1. The summed E-state index contributed by atoms with van der Waals surface area (Å²) in [5, 5.41) is 11.2. The van der Waals surface area contributed by atoms with Gasteiger partial charge in [-0.1, -0.05) is 231 Å². The van der Waals surface area contributed by atoms with Crippen LogP contribution in [-0.4, -0.2) is 21.2 Å². The van der Waals surface area contributed by atoms with Crippen LogP contribution in [0.4, 0.5) is 0 Å². The summed E-state index contributed by atoms with van der Waals surface area (Å²) >= 11 is 5.81. The Morgan fingerprint density at radius 2 is 0.887 bits per heavy atom. The molecule has 2 rings (SSSR count). The number of aliphatic carboxylic acids is 1. The van der Waals surface area contributed by atoms with Gasteiger partial charge in [0.05, 0.1) is 21.5 Å². The maximum atomic E-state index is 13.3. The molecular formula is C47H81NO3S2. The number of thiazole rings is 1. The van der Waals surface area contributed by atoms with Gasteiger partial charge in [0, 0.05) is 0 Å². The first-order chi connectivity index (χ1) is 26.0. The van der Waals surface area contributed by atoms with Crippen LogP contribution >= 0.6 is 24.0 Å². The van der Waals surface area contributed by atoms with Crippen LogP contribution < -0.4 is 0 Å². The summed E-state index contributed by atoms with van der Waals surface area (Å²) in [4.78, 5) is 31.4.